The van der Waals surface area contributed by atoms with Crippen molar-refractivity contribution in [2.45, 2.75) is 62.4 Å². The van der Waals surface area contributed by atoms with Crippen molar-refractivity contribution in [2.24, 2.45) is 0 Å². The number of carbonyl (C=O) groups excluding carboxylic acids is 1. The summed E-state index contributed by atoms with van der Waals surface area (Å²) >= 11 is 0. The Kier molecular flexibility index (Phi) is 5.92. The molecule has 7 nitrogen and oxygen atoms in total. The average molecular weight is 443 g/mol. The lowest BCUT2D eigenvalue weighted by molar-refractivity contribution is -0.119. The Hall–Kier alpha value is -2.61. The van der Waals surface area contributed by atoms with E-state index in [2.05, 4.69) is 10.2 Å². The van der Waals surface area contributed by atoms with Crippen molar-refractivity contribution < 1.29 is 13.2 Å². The summed E-state index contributed by atoms with van der Waals surface area (Å²) in [6.45, 7) is 1.97. The number of rotatable bonds is 4. The van der Waals surface area contributed by atoms with Crippen LogP contribution in [0.2, 0.25) is 0 Å². The van der Waals surface area contributed by atoms with E-state index in [1.54, 1.807) is 36.2 Å². The minimum atomic E-state index is -3.23. The lowest BCUT2D eigenvalue weighted by atomic mass is 10.0. The molecule has 31 heavy (non-hydrogen) atoms. The molecule has 8 heteroatoms. The standard InChI is InChI=1S/C23H30N4O3S/c1-16-23(28)26(2)20-14-15-21(24-17-10-12-19(13-11-17)31(3,29)30)25-22(20)27(16)18-8-6-4-5-7-9-18/h10-16,18H,4-9H2,1-3H3,(H,24,25)/t16-/m1/s1. The highest BCUT2D eigenvalue weighted by Gasteiger charge is 2.38. The lowest BCUT2D eigenvalue weighted by Gasteiger charge is -2.43. The van der Waals surface area contributed by atoms with Crippen LogP contribution in [0.3, 0.4) is 0 Å². The van der Waals surface area contributed by atoms with E-state index in [-0.39, 0.29) is 16.8 Å². The van der Waals surface area contributed by atoms with Gasteiger partial charge in [-0.2, -0.15) is 0 Å². The van der Waals surface area contributed by atoms with Crippen LogP contribution in [-0.4, -0.2) is 44.7 Å². The fraction of sp³-hybridized carbons (Fsp3) is 0.478. The molecule has 1 fully saturated rings. The van der Waals surface area contributed by atoms with Crippen LogP contribution in [0.1, 0.15) is 45.4 Å². The molecule has 1 saturated carbocycles. The van der Waals surface area contributed by atoms with Crippen molar-refractivity contribution in [1.82, 2.24) is 4.98 Å². The van der Waals surface area contributed by atoms with Gasteiger partial charge < -0.3 is 15.1 Å². The van der Waals surface area contributed by atoms with Gasteiger partial charge >= 0.3 is 0 Å². The largest absolute Gasteiger partial charge is 0.340 e. The third-order valence-electron chi connectivity index (χ3n) is 6.34. The Balaban J connectivity index is 1.66. The molecule has 1 atom stereocenters. The van der Waals surface area contributed by atoms with E-state index in [4.69, 9.17) is 4.98 Å². The van der Waals surface area contributed by atoms with Gasteiger partial charge in [-0.25, -0.2) is 13.4 Å². The third-order valence-corrected chi connectivity index (χ3v) is 7.47. The number of nitrogens with one attached hydrogen (secondary N) is 1. The second-order valence-electron chi connectivity index (χ2n) is 8.59. The molecule has 2 aromatic rings. The van der Waals surface area contributed by atoms with Gasteiger partial charge in [0.05, 0.1) is 10.6 Å². The maximum absolute atomic E-state index is 12.9. The number of aromatic nitrogens is 1. The first-order chi connectivity index (χ1) is 14.8. The molecule has 1 aromatic carbocycles. The van der Waals surface area contributed by atoms with E-state index in [0.29, 0.717) is 11.9 Å². The first-order valence-electron chi connectivity index (χ1n) is 10.9. The van der Waals surface area contributed by atoms with E-state index in [1.165, 1.54) is 31.9 Å². The summed E-state index contributed by atoms with van der Waals surface area (Å²) in [6, 6.07) is 10.5. The van der Waals surface area contributed by atoms with Crippen LogP contribution in [-0.2, 0) is 14.6 Å². The van der Waals surface area contributed by atoms with Crippen LogP contribution in [0.25, 0.3) is 0 Å². The molecule has 4 rings (SSSR count). The molecule has 0 spiro atoms. The predicted molar refractivity (Wildman–Crippen MR) is 124 cm³/mol. The van der Waals surface area contributed by atoms with Crippen molar-refractivity contribution in [1.29, 1.82) is 0 Å². The number of benzene rings is 1. The number of hydrogen-bond acceptors (Lipinski definition) is 6. The molecule has 1 aliphatic heterocycles. The summed E-state index contributed by atoms with van der Waals surface area (Å²) in [7, 11) is -1.43. The van der Waals surface area contributed by atoms with Crippen molar-refractivity contribution >= 4 is 38.8 Å². The van der Waals surface area contributed by atoms with Gasteiger partial charge in [-0.15, -0.1) is 0 Å². The summed E-state index contributed by atoms with van der Waals surface area (Å²) in [5, 5.41) is 3.27. The average Bonchev–Trinajstić information content (AvgIpc) is 3.01. The van der Waals surface area contributed by atoms with Gasteiger partial charge in [0, 0.05) is 25.0 Å². The zero-order valence-electron chi connectivity index (χ0n) is 18.3. The number of hydrogen-bond donors (Lipinski definition) is 1. The predicted octanol–water partition coefficient (Wildman–Crippen LogP) is 4.12. The number of sulfone groups is 1. The smallest absolute Gasteiger partial charge is 0.249 e. The number of anilines is 4. The monoisotopic (exact) mass is 442 g/mol. The summed E-state index contributed by atoms with van der Waals surface area (Å²) in [4.78, 5) is 22.0. The highest BCUT2D eigenvalue weighted by molar-refractivity contribution is 7.90. The summed E-state index contributed by atoms with van der Waals surface area (Å²) < 4.78 is 23.4. The quantitative estimate of drug-likeness (QED) is 0.717. The lowest BCUT2D eigenvalue weighted by Crippen LogP contribution is -2.55. The number of amides is 1. The van der Waals surface area contributed by atoms with Crippen LogP contribution >= 0.6 is 0 Å². The van der Waals surface area contributed by atoms with Gasteiger partial charge in [0.2, 0.25) is 5.91 Å². The Bertz CT molecular complexity index is 1060. The van der Waals surface area contributed by atoms with Gasteiger partial charge in [-0.05, 0) is 56.2 Å². The van der Waals surface area contributed by atoms with Gasteiger partial charge in [-0.3, -0.25) is 4.79 Å². The summed E-state index contributed by atoms with van der Waals surface area (Å²) in [6.07, 6.45) is 8.20. The first-order valence-corrected chi connectivity index (χ1v) is 12.8. The molecular weight excluding hydrogens is 412 g/mol. The fourth-order valence-electron chi connectivity index (χ4n) is 4.62. The van der Waals surface area contributed by atoms with Gasteiger partial charge in [0.25, 0.3) is 0 Å². The second-order valence-corrected chi connectivity index (χ2v) is 10.6. The molecule has 1 aliphatic carbocycles. The number of pyridine rings is 1. The number of likely N-dealkylation sites (N-methyl/N-ethyl adjacent to an activating group) is 1. The molecule has 2 heterocycles. The normalized spacial score (nSPS) is 20.4. The minimum absolute atomic E-state index is 0.0932. The van der Waals surface area contributed by atoms with Crippen LogP contribution < -0.4 is 15.1 Å². The number of carbonyl (C=O) groups is 1. The molecule has 0 bridgehead atoms. The van der Waals surface area contributed by atoms with E-state index >= 15 is 0 Å². The van der Waals surface area contributed by atoms with Crippen molar-refractivity contribution in [2.75, 3.05) is 28.4 Å². The molecular formula is C23H30N4O3S. The third kappa shape index (κ3) is 4.39. The molecule has 0 saturated heterocycles. The van der Waals surface area contributed by atoms with Crippen molar-refractivity contribution in [3.63, 3.8) is 0 Å². The van der Waals surface area contributed by atoms with Gasteiger partial charge in [0.1, 0.15) is 11.9 Å². The molecule has 166 valence electrons. The minimum Gasteiger partial charge on any atom is -0.340 e. The summed E-state index contributed by atoms with van der Waals surface area (Å²) in [5.41, 5.74) is 1.58. The van der Waals surface area contributed by atoms with Gasteiger partial charge in [0.15, 0.2) is 15.7 Å². The Labute approximate surface area is 184 Å². The maximum atomic E-state index is 12.9. The summed E-state index contributed by atoms with van der Waals surface area (Å²) in [5.74, 6) is 1.59. The molecule has 1 amide bonds. The van der Waals surface area contributed by atoms with Gasteiger partial charge in [-0.1, -0.05) is 25.7 Å². The Morgan fingerprint density at radius 3 is 2.26 bits per heavy atom. The van der Waals surface area contributed by atoms with E-state index in [9.17, 15) is 13.2 Å². The van der Waals surface area contributed by atoms with Crippen LogP contribution in [0, 0.1) is 0 Å². The highest BCUT2D eigenvalue weighted by atomic mass is 32.2. The fourth-order valence-corrected chi connectivity index (χ4v) is 5.25. The second kappa shape index (κ2) is 8.49. The topological polar surface area (TPSA) is 82.6 Å². The van der Waals surface area contributed by atoms with Crippen molar-refractivity contribution in [3.8, 4) is 0 Å². The van der Waals surface area contributed by atoms with E-state index in [0.717, 1.165) is 30.0 Å². The SMILES string of the molecule is C[C@@H]1C(=O)N(C)c2ccc(Nc3ccc(S(C)(=O)=O)cc3)nc2N1C1CCCCCC1. The Morgan fingerprint density at radius 1 is 1.00 bits per heavy atom. The Morgan fingerprint density at radius 2 is 1.65 bits per heavy atom. The number of fused-ring (bicyclic) bond motifs is 1. The van der Waals surface area contributed by atoms with Crippen LogP contribution in [0.15, 0.2) is 41.3 Å². The molecule has 2 aliphatic rings. The number of nitrogens with zero attached hydrogens (tertiary/aromatic N) is 3. The molecule has 0 unspecified atom stereocenters. The van der Waals surface area contributed by atoms with E-state index < -0.39 is 9.84 Å². The maximum Gasteiger partial charge on any atom is 0.249 e. The van der Waals surface area contributed by atoms with E-state index in [1.807, 2.05) is 19.1 Å². The zero-order chi connectivity index (χ0) is 22.2. The zero-order valence-corrected chi connectivity index (χ0v) is 19.2. The van der Waals surface area contributed by atoms with Crippen LogP contribution in [0.5, 0.6) is 0 Å². The van der Waals surface area contributed by atoms with Crippen LogP contribution in [0.4, 0.5) is 23.0 Å². The molecule has 1 N–H and O–H groups in total. The molecule has 0 radical (unpaired) electrons. The molecule has 1 aromatic heterocycles. The first kappa shape index (κ1) is 21.6. The highest BCUT2D eigenvalue weighted by Crippen LogP contribution is 2.39. The van der Waals surface area contributed by atoms with Crippen molar-refractivity contribution in [3.05, 3.63) is 36.4 Å².